The lowest BCUT2D eigenvalue weighted by atomic mass is 9.49. The maximum Gasteiger partial charge on any atom is 0.115 e. The number of nitrogens with zero attached hydrogens (tertiary/aromatic N) is 4. The molecule has 0 unspecified atom stereocenters. The molecular weight excluding hydrogens is 412 g/mol. The number of aliphatic hydroxyl groups is 1. The van der Waals surface area contributed by atoms with Gasteiger partial charge < -0.3 is 10.2 Å². The minimum atomic E-state index is -0.874. The average molecular weight is 443 g/mol. The molecule has 1 aliphatic heterocycles. The van der Waals surface area contributed by atoms with Crippen LogP contribution in [0.25, 0.3) is 5.69 Å². The van der Waals surface area contributed by atoms with Crippen molar-refractivity contribution in [2.45, 2.75) is 62.5 Å². The molecule has 3 aromatic rings. The lowest BCUT2D eigenvalue weighted by molar-refractivity contribution is -0.152. The van der Waals surface area contributed by atoms with Crippen molar-refractivity contribution in [1.82, 2.24) is 19.7 Å². The van der Waals surface area contributed by atoms with E-state index < -0.39 is 11.0 Å². The van der Waals surface area contributed by atoms with E-state index in [0.29, 0.717) is 6.42 Å². The van der Waals surface area contributed by atoms with Crippen LogP contribution in [0.4, 0.5) is 0 Å². The minimum absolute atomic E-state index is 0.0955. The molecule has 2 fully saturated rings. The summed E-state index contributed by atoms with van der Waals surface area (Å²) in [6.07, 6.45) is 9.33. The first kappa shape index (κ1) is 19.7. The summed E-state index contributed by atoms with van der Waals surface area (Å²) in [5.74, 6) is 1.07. The van der Waals surface area contributed by atoms with E-state index in [4.69, 9.17) is 5.10 Å². The third kappa shape index (κ3) is 2.68. The molecule has 4 aliphatic rings. The van der Waals surface area contributed by atoms with E-state index in [0.717, 1.165) is 55.2 Å². The van der Waals surface area contributed by atoms with Gasteiger partial charge >= 0.3 is 0 Å². The fraction of sp³-hybridized carbons (Fsp3) is 0.481. The van der Waals surface area contributed by atoms with E-state index in [1.807, 2.05) is 29.1 Å². The van der Waals surface area contributed by atoms with Crippen molar-refractivity contribution in [3.8, 4) is 11.4 Å². The van der Waals surface area contributed by atoms with E-state index in [1.165, 1.54) is 29.7 Å². The zero-order valence-electron chi connectivity index (χ0n) is 19.0. The summed E-state index contributed by atoms with van der Waals surface area (Å²) in [5, 5.41) is 28.0. The number of phenols is 1. The molecule has 0 amide bonds. The monoisotopic (exact) mass is 442 g/mol. The molecule has 1 aromatic carbocycles. The number of piperidine rings is 1. The van der Waals surface area contributed by atoms with Gasteiger partial charge in [-0.2, -0.15) is 5.10 Å². The number of fused-ring (bicyclic) bond motifs is 2. The maximum atomic E-state index is 12.7. The summed E-state index contributed by atoms with van der Waals surface area (Å²) in [4.78, 5) is 6.90. The minimum Gasteiger partial charge on any atom is -0.508 e. The largest absolute Gasteiger partial charge is 0.508 e. The van der Waals surface area contributed by atoms with Crippen LogP contribution in [0.3, 0.4) is 0 Å². The molecule has 6 nitrogen and oxygen atoms in total. The molecule has 2 aromatic heterocycles. The number of hydrogen-bond acceptors (Lipinski definition) is 5. The number of benzene rings is 1. The molecule has 0 radical (unpaired) electrons. The highest BCUT2D eigenvalue weighted by atomic mass is 16.3. The Morgan fingerprint density at radius 3 is 2.85 bits per heavy atom. The van der Waals surface area contributed by atoms with Crippen molar-refractivity contribution in [2.75, 3.05) is 13.1 Å². The number of rotatable bonds is 3. The van der Waals surface area contributed by atoms with Crippen LogP contribution in [0.15, 0.2) is 42.7 Å². The first-order chi connectivity index (χ1) is 16.0. The Morgan fingerprint density at radius 1 is 1.18 bits per heavy atom. The van der Waals surface area contributed by atoms with Crippen LogP contribution in [0.2, 0.25) is 0 Å². The maximum absolute atomic E-state index is 12.7. The summed E-state index contributed by atoms with van der Waals surface area (Å²) in [7, 11) is 0. The first-order valence-corrected chi connectivity index (χ1v) is 12.3. The standard InChI is InChI=1S/C27H30N4O2/c1-17-22-13-27(33)25-11-19-6-7-21(32)12-23(19)26(27,8-10-30(25)16-18-4-5-18)14-24(22)31(29-17)20-3-2-9-28-15-20/h2-3,6-7,9,12,15,18,25,32-33H,4-5,8,10-11,13-14,16H2,1H3/t25-,26-,27-/m1/s1. The molecule has 3 aliphatic carbocycles. The lowest BCUT2D eigenvalue weighted by Crippen LogP contribution is -2.74. The van der Waals surface area contributed by atoms with E-state index in [9.17, 15) is 10.2 Å². The average Bonchev–Trinajstić information content (AvgIpc) is 3.58. The molecule has 33 heavy (non-hydrogen) atoms. The van der Waals surface area contributed by atoms with Crippen LogP contribution in [0, 0.1) is 12.8 Å². The molecule has 7 rings (SSSR count). The highest BCUT2D eigenvalue weighted by molar-refractivity contribution is 5.53. The molecule has 170 valence electrons. The summed E-state index contributed by atoms with van der Waals surface area (Å²) >= 11 is 0. The fourth-order valence-electron chi connectivity index (χ4n) is 7.13. The number of likely N-dealkylation sites (tertiary alicyclic amines) is 1. The highest BCUT2D eigenvalue weighted by Gasteiger charge is 2.65. The second-order valence-corrected chi connectivity index (χ2v) is 10.7. The van der Waals surface area contributed by atoms with Crippen LogP contribution in [-0.2, 0) is 24.7 Å². The zero-order chi connectivity index (χ0) is 22.4. The van der Waals surface area contributed by atoms with Crippen LogP contribution in [-0.4, -0.2) is 54.6 Å². The van der Waals surface area contributed by atoms with Gasteiger partial charge in [-0.15, -0.1) is 0 Å². The van der Waals surface area contributed by atoms with Crippen molar-refractivity contribution in [1.29, 1.82) is 0 Å². The Labute approximate surface area is 193 Å². The normalized spacial score (nSPS) is 30.4. The van der Waals surface area contributed by atoms with Gasteiger partial charge in [-0.05, 0) is 86.0 Å². The summed E-state index contributed by atoms with van der Waals surface area (Å²) in [6.45, 7) is 4.15. The number of hydrogen-bond donors (Lipinski definition) is 2. The number of pyridine rings is 1. The van der Waals surface area contributed by atoms with Crippen molar-refractivity contribution in [2.24, 2.45) is 5.92 Å². The van der Waals surface area contributed by atoms with Crippen LogP contribution < -0.4 is 0 Å². The number of aromatic hydroxyl groups is 1. The fourth-order valence-corrected chi connectivity index (χ4v) is 7.13. The second-order valence-electron chi connectivity index (χ2n) is 10.7. The molecule has 2 bridgehead atoms. The predicted molar refractivity (Wildman–Crippen MR) is 125 cm³/mol. The Kier molecular flexibility index (Phi) is 3.99. The third-order valence-electron chi connectivity index (χ3n) is 8.96. The molecule has 6 heteroatoms. The quantitative estimate of drug-likeness (QED) is 0.652. The predicted octanol–water partition coefficient (Wildman–Crippen LogP) is 3.09. The van der Waals surface area contributed by atoms with Crippen molar-refractivity contribution < 1.29 is 10.2 Å². The highest BCUT2D eigenvalue weighted by Crippen LogP contribution is 2.58. The number of phenolic OH excluding ortho intramolecular Hbond substituents is 1. The van der Waals surface area contributed by atoms with Crippen molar-refractivity contribution in [3.05, 3.63) is 70.8 Å². The molecule has 1 saturated heterocycles. The van der Waals surface area contributed by atoms with Crippen LogP contribution >= 0.6 is 0 Å². The van der Waals surface area contributed by atoms with Gasteiger partial charge in [0.2, 0.25) is 0 Å². The molecule has 1 saturated carbocycles. The first-order valence-electron chi connectivity index (χ1n) is 12.3. The summed E-state index contributed by atoms with van der Waals surface area (Å²) in [6, 6.07) is 9.89. The molecular formula is C27H30N4O2. The van der Waals surface area contributed by atoms with Crippen LogP contribution in [0.1, 0.15) is 47.3 Å². The molecule has 3 heterocycles. The Bertz CT molecular complexity index is 1250. The Hall–Kier alpha value is -2.70. The lowest BCUT2D eigenvalue weighted by Gasteiger charge is -2.63. The van der Waals surface area contributed by atoms with Gasteiger partial charge in [0, 0.05) is 42.7 Å². The van der Waals surface area contributed by atoms with E-state index in [2.05, 4.69) is 22.9 Å². The Balaban J connectivity index is 1.43. The van der Waals surface area contributed by atoms with Crippen LogP contribution in [0.5, 0.6) is 5.75 Å². The van der Waals surface area contributed by atoms with Gasteiger partial charge in [0.25, 0.3) is 0 Å². The topological polar surface area (TPSA) is 74.4 Å². The molecule has 2 N–H and O–H groups in total. The number of aryl methyl sites for hydroxylation is 1. The number of aromatic nitrogens is 3. The van der Waals surface area contributed by atoms with E-state index in [1.54, 1.807) is 12.3 Å². The zero-order valence-corrected chi connectivity index (χ0v) is 19.0. The molecule has 0 spiro atoms. The van der Waals surface area contributed by atoms with Gasteiger partial charge in [-0.25, -0.2) is 4.68 Å². The van der Waals surface area contributed by atoms with Gasteiger partial charge in [-0.3, -0.25) is 9.88 Å². The van der Waals surface area contributed by atoms with Crippen molar-refractivity contribution >= 4 is 0 Å². The van der Waals surface area contributed by atoms with E-state index >= 15 is 0 Å². The van der Waals surface area contributed by atoms with Crippen molar-refractivity contribution in [3.63, 3.8) is 0 Å². The van der Waals surface area contributed by atoms with Gasteiger partial charge in [0.05, 0.1) is 23.2 Å². The second kappa shape index (κ2) is 6.67. The van der Waals surface area contributed by atoms with Gasteiger partial charge in [-0.1, -0.05) is 6.07 Å². The third-order valence-corrected chi connectivity index (χ3v) is 8.96. The van der Waals surface area contributed by atoms with Gasteiger partial charge in [0.15, 0.2) is 0 Å². The van der Waals surface area contributed by atoms with Gasteiger partial charge in [0.1, 0.15) is 5.75 Å². The van der Waals surface area contributed by atoms with E-state index in [-0.39, 0.29) is 11.8 Å². The summed E-state index contributed by atoms with van der Waals surface area (Å²) < 4.78 is 2.04. The summed E-state index contributed by atoms with van der Waals surface area (Å²) in [5.41, 5.74) is 5.41. The SMILES string of the molecule is Cc1nn(-c2cccnc2)c2c1C[C@@]1(O)[C@H]3Cc4ccc(O)cc4[C@@]1(CCN3CC1CC1)C2. The Morgan fingerprint density at radius 2 is 2.06 bits per heavy atom. The smallest absolute Gasteiger partial charge is 0.115 e. The molecule has 3 atom stereocenters.